The normalized spacial score (nSPS) is 19.2. The Morgan fingerprint density at radius 1 is 1.53 bits per heavy atom. The van der Waals surface area contributed by atoms with Gasteiger partial charge in [-0.1, -0.05) is 5.92 Å². The average molecular weight is 234 g/mol. The van der Waals surface area contributed by atoms with Gasteiger partial charge in [-0.25, -0.2) is 0 Å². The summed E-state index contributed by atoms with van der Waals surface area (Å²) >= 11 is 0. The lowest BCUT2D eigenvalue weighted by atomic mass is 10.3. The minimum Gasteiger partial charge on any atom is -0.333 e. The van der Waals surface area contributed by atoms with Gasteiger partial charge < -0.3 is 9.80 Å². The van der Waals surface area contributed by atoms with E-state index in [1.807, 2.05) is 0 Å². The van der Waals surface area contributed by atoms with Crippen molar-refractivity contribution in [2.24, 2.45) is 5.92 Å². The Morgan fingerprint density at radius 3 is 2.82 bits per heavy atom. The molecule has 0 aromatic heterocycles. The SMILES string of the molecule is C#CCN(CC1CC1)C(=O)CN1CCCC1=O. The first-order valence-electron chi connectivity index (χ1n) is 6.19. The van der Waals surface area contributed by atoms with Gasteiger partial charge in [-0.2, -0.15) is 0 Å². The standard InChI is InChI=1S/C13H18N2O2/c1-2-7-14(9-11-5-6-11)13(17)10-15-8-3-4-12(15)16/h1,11H,3-10H2. The molecule has 92 valence electrons. The molecular weight excluding hydrogens is 216 g/mol. The Balaban J connectivity index is 1.86. The van der Waals surface area contributed by atoms with Crippen LogP contribution in [0.15, 0.2) is 0 Å². The summed E-state index contributed by atoms with van der Waals surface area (Å²) < 4.78 is 0. The van der Waals surface area contributed by atoms with Crippen LogP contribution < -0.4 is 0 Å². The maximum Gasteiger partial charge on any atom is 0.242 e. The van der Waals surface area contributed by atoms with Crippen LogP contribution in [0.4, 0.5) is 0 Å². The summed E-state index contributed by atoms with van der Waals surface area (Å²) in [5, 5.41) is 0. The molecule has 1 aliphatic heterocycles. The van der Waals surface area contributed by atoms with Crippen molar-refractivity contribution < 1.29 is 9.59 Å². The second-order valence-corrected chi connectivity index (χ2v) is 4.84. The van der Waals surface area contributed by atoms with E-state index in [4.69, 9.17) is 6.42 Å². The van der Waals surface area contributed by atoms with Crippen molar-refractivity contribution in [1.82, 2.24) is 9.80 Å². The van der Waals surface area contributed by atoms with Gasteiger partial charge in [0.2, 0.25) is 11.8 Å². The number of hydrogen-bond donors (Lipinski definition) is 0. The average Bonchev–Trinajstić information content (AvgIpc) is 3.03. The quantitative estimate of drug-likeness (QED) is 0.649. The fraction of sp³-hybridized carbons (Fsp3) is 0.692. The van der Waals surface area contributed by atoms with Crippen LogP contribution >= 0.6 is 0 Å². The Bertz CT molecular complexity index is 355. The van der Waals surface area contributed by atoms with Gasteiger partial charge in [-0.3, -0.25) is 9.59 Å². The van der Waals surface area contributed by atoms with E-state index in [2.05, 4.69) is 5.92 Å². The van der Waals surface area contributed by atoms with Crippen molar-refractivity contribution in [3.63, 3.8) is 0 Å². The van der Waals surface area contributed by atoms with E-state index in [9.17, 15) is 9.59 Å². The van der Waals surface area contributed by atoms with Gasteiger partial charge >= 0.3 is 0 Å². The van der Waals surface area contributed by atoms with Crippen LogP contribution in [0.1, 0.15) is 25.7 Å². The van der Waals surface area contributed by atoms with E-state index in [1.54, 1.807) is 9.80 Å². The maximum atomic E-state index is 12.0. The lowest BCUT2D eigenvalue weighted by Crippen LogP contribution is -2.41. The molecule has 2 amide bonds. The molecule has 0 unspecified atom stereocenters. The predicted molar refractivity (Wildman–Crippen MR) is 64.0 cm³/mol. The largest absolute Gasteiger partial charge is 0.333 e. The lowest BCUT2D eigenvalue weighted by molar-refractivity contribution is -0.138. The van der Waals surface area contributed by atoms with Crippen molar-refractivity contribution in [2.75, 3.05) is 26.2 Å². The monoisotopic (exact) mass is 234 g/mol. The molecule has 1 heterocycles. The highest BCUT2D eigenvalue weighted by molar-refractivity contribution is 5.86. The molecule has 4 nitrogen and oxygen atoms in total. The minimum atomic E-state index is -0.00917. The van der Waals surface area contributed by atoms with E-state index >= 15 is 0 Å². The highest BCUT2D eigenvalue weighted by atomic mass is 16.2. The molecule has 1 saturated carbocycles. The van der Waals surface area contributed by atoms with E-state index < -0.39 is 0 Å². The van der Waals surface area contributed by atoms with Crippen LogP contribution in [0.2, 0.25) is 0 Å². The van der Waals surface area contributed by atoms with E-state index in [0.29, 0.717) is 25.4 Å². The first kappa shape index (κ1) is 12.0. The second-order valence-electron chi connectivity index (χ2n) is 4.84. The fourth-order valence-corrected chi connectivity index (χ4v) is 2.11. The molecule has 17 heavy (non-hydrogen) atoms. The van der Waals surface area contributed by atoms with Gasteiger partial charge in [-0.15, -0.1) is 6.42 Å². The first-order chi connectivity index (χ1) is 8.20. The highest BCUT2D eigenvalue weighted by Crippen LogP contribution is 2.29. The van der Waals surface area contributed by atoms with Crippen LogP contribution in [-0.4, -0.2) is 47.8 Å². The molecule has 4 heteroatoms. The van der Waals surface area contributed by atoms with Crippen molar-refractivity contribution in [2.45, 2.75) is 25.7 Å². The molecule has 0 aromatic rings. The van der Waals surface area contributed by atoms with Crippen LogP contribution in [0, 0.1) is 18.3 Å². The van der Waals surface area contributed by atoms with E-state index in [1.165, 1.54) is 12.8 Å². The third kappa shape index (κ3) is 3.23. The van der Waals surface area contributed by atoms with Crippen LogP contribution in [-0.2, 0) is 9.59 Å². The minimum absolute atomic E-state index is 0.00917. The summed E-state index contributed by atoms with van der Waals surface area (Å²) in [5.74, 6) is 3.23. The lowest BCUT2D eigenvalue weighted by Gasteiger charge is -2.23. The van der Waals surface area contributed by atoms with Gasteiger partial charge in [-0.05, 0) is 25.2 Å². The summed E-state index contributed by atoms with van der Waals surface area (Å²) in [6, 6.07) is 0. The summed E-state index contributed by atoms with van der Waals surface area (Å²) in [5.41, 5.74) is 0. The Kier molecular flexibility index (Phi) is 3.68. The van der Waals surface area contributed by atoms with Crippen molar-refractivity contribution >= 4 is 11.8 Å². The number of carbonyl (C=O) groups excluding carboxylic acids is 2. The van der Waals surface area contributed by atoms with Crippen LogP contribution in [0.5, 0.6) is 0 Å². The summed E-state index contributed by atoms with van der Waals surface area (Å²) in [4.78, 5) is 26.8. The molecule has 0 radical (unpaired) electrons. The molecule has 1 saturated heterocycles. The van der Waals surface area contributed by atoms with Gasteiger partial charge in [0.15, 0.2) is 0 Å². The van der Waals surface area contributed by atoms with Crippen molar-refractivity contribution in [1.29, 1.82) is 0 Å². The third-order valence-electron chi connectivity index (χ3n) is 3.31. The van der Waals surface area contributed by atoms with Gasteiger partial charge in [0.25, 0.3) is 0 Å². The van der Waals surface area contributed by atoms with Gasteiger partial charge in [0.1, 0.15) is 0 Å². The van der Waals surface area contributed by atoms with Crippen molar-refractivity contribution in [3.05, 3.63) is 0 Å². The number of rotatable bonds is 5. The molecule has 0 N–H and O–H groups in total. The third-order valence-corrected chi connectivity index (χ3v) is 3.31. The van der Waals surface area contributed by atoms with Crippen LogP contribution in [0.3, 0.4) is 0 Å². The Hall–Kier alpha value is -1.50. The number of nitrogens with zero attached hydrogens (tertiary/aromatic N) is 2. The number of carbonyl (C=O) groups is 2. The zero-order chi connectivity index (χ0) is 12.3. The smallest absolute Gasteiger partial charge is 0.242 e. The Morgan fingerprint density at radius 2 is 2.29 bits per heavy atom. The molecule has 2 aliphatic rings. The molecule has 0 bridgehead atoms. The zero-order valence-electron chi connectivity index (χ0n) is 10.0. The summed E-state index contributed by atoms with van der Waals surface area (Å²) in [7, 11) is 0. The highest BCUT2D eigenvalue weighted by Gasteiger charge is 2.29. The molecular formula is C13H18N2O2. The number of likely N-dealkylation sites (tertiary alicyclic amines) is 1. The molecule has 2 fully saturated rings. The van der Waals surface area contributed by atoms with E-state index in [-0.39, 0.29) is 18.4 Å². The fourth-order valence-electron chi connectivity index (χ4n) is 2.11. The second kappa shape index (κ2) is 5.22. The summed E-state index contributed by atoms with van der Waals surface area (Å²) in [6.45, 7) is 2.02. The maximum absolute atomic E-state index is 12.0. The van der Waals surface area contributed by atoms with Crippen LogP contribution in [0.25, 0.3) is 0 Å². The van der Waals surface area contributed by atoms with Gasteiger partial charge in [0.05, 0.1) is 13.1 Å². The van der Waals surface area contributed by atoms with Crippen molar-refractivity contribution in [3.8, 4) is 12.3 Å². The zero-order valence-corrected chi connectivity index (χ0v) is 10.0. The molecule has 0 atom stereocenters. The van der Waals surface area contributed by atoms with E-state index in [0.717, 1.165) is 13.0 Å². The predicted octanol–water partition coefficient (Wildman–Crippen LogP) is 0.481. The Labute approximate surface area is 102 Å². The molecule has 0 spiro atoms. The molecule has 2 rings (SSSR count). The number of terminal acetylenes is 1. The molecule has 0 aromatic carbocycles. The first-order valence-corrected chi connectivity index (χ1v) is 6.19. The van der Waals surface area contributed by atoms with Gasteiger partial charge in [0, 0.05) is 19.5 Å². The number of amides is 2. The summed E-state index contributed by atoms with van der Waals surface area (Å²) in [6.07, 6.45) is 9.10. The topological polar surface area (TPSA) is 40.6 Å². The molecule has 1 aliphatic carbocycles. The number of hydrogen-bond acceptors (Lipinski definition) is 2.